The summed E-state index contributed by atoms with van der Waals surface area (Å²) in [5, 5.41) is 21.2. The van der Waals surface area contributed by atoms with E-state index in [1.165, 1.54) is 4.90 Å². The van der Waals surface area contributed by atoms with Crippen molar-refractivity contribution in [1.82, 2.24) is 4.90 Å². The summed E-state index contributed by atoms with van der Waals surface area (Å²) in [6, 6.07) is 6.76. The van der Waals surface area contributed by atoms with E-state index in [4.69, 9.17) is 11.6 Å². The first-order chi connectivity index (χ1) is 10.0. The molecule has 21 heavy (non-hydrogen) atoms. The van der Waals surface area contributed by atoms with Crippen LogP contribution >= 0.6 is 11.6 Å². The molecule has 4 nitrogen and oxygen atoms in total. The minimum atomic E-state index is -1.58. The zero-order valence-electron chi connectivity index (χ0n) is 12.3. The molecule has 1 fully saturated rings. The molecule has 116 valence electrons. The maximum absolute atomic E-state index is 11.8. The first-order valence-corrected chi connectivity index (χ1v) is 7.88. The maximum atomic E-state index is 11.8. The molecule has 5 heteroatoms. The van der Waals surface area contributed by atoms with Crippen LogP contribution in [-0.4, -0.2) is 27.2 Å². The van der Waals surface area contributed by atoms with E-state index in [-0.39, 0.29) is 12.5 Å². The Morgan fingerprint density at radius 2 is 1.95 bits per heavy atom. The predicted octanol–water partition coefficient (Wildman–Crippen LogP) is 4.21. The van der Waals surface area contributed by atoms with E-state index < -0.39 is 11.8 Å². The fraction of sp³-hybridized carbons (Fsp3) is 0.562. The van der Waals surface area contributed by atoms with E-state index >= 15 is 0 Å². The molecule has 0 spiro atoms. The van der Waals surface area contributed by atoms with Gasteiger partial charge in [0.1, 0.15) is 0 Å². The molecule has 1 aromatic carbocycles. The predicted molar refractivity (Wildman–Crippen MR) is 82.4 cm³/mol. The Balaban J connectivity index is 2.43. The molecular formula is C16H22ClNO3. The van der Waals surface area contributed by atoms with Gasteiger partial charge in [-0.25, -0.2) is 4.79 Å². The molecule has 0 heterocycles. The Morgan fingerprint density at radius 3 is 2.48 bits per heavy atom. The molecule has 0 aliphatic heterocycles. The molecule has 0 radical (unpaired) electrons. The van der Waals surface area contributed by atoms with Crippen molar-refractivity contribution in [2.75, 3.05) is 0 Å². The van der Waals surface area contributed by atoms with E-state index in [0.717, 1.165) is 32.1 Å². The zero-order valence-corrected chi connectivity index (χ0v) is 13.0. The summed E-state index contributed by atoms with van der Waals surface area (Å²) in [5.41, 5.74) is -1.12. The highest BCUT2D eigenvalue weighted by molar-refractivity contribution is 6.31. The van der Waals surface area contributed by atoms with E-state index in [1.54, 1.807) is 31.2 Å². The number of rotatable bonds is 4. The monoisotopic (exact) mass is 311 g/mol. The summed E-state index contributed by atoms with van der Waals surface area (Å²) >= 11 is 6.20. The first-order valence-electron chi connectivity index (χ1n) is 7.50. The number of nitrogens with zero attached hydrogens (tertiary/aromatic N) is 1. The number of aliphatic hydroxyl groups is 1. The summed E-state index contributed by atoms with van der Waals surface area (Å²) in [6.07, 6.45) is 3.87. The summed E-state index contributed by atoms with van der Waals surface area (Å²) < 4.78 is 0. The molecule has 0 saturated heterocycles. The average Bonchev–Trinajstić information content (AvgIpc) is 2.48. The molecule has 1 aliphatic rings. The minimum Gasteiger partial charge on any atom is -0.465 e. The Labute approximate surface area is 130 Å². The molecule has 1 atom stereocenters. The van der Waals surface area contributed by atoms with E-state index in [9.17, 15) is 15.0 Å². The van der Waals surface area contributed by atoms with Crippen molar-refractivity contribution >= 4 is 17.7 Å². The highest BCUT2D eigenvalue weighted by atomic mass is 35.5. The van der Waals surface area contributed by atoms with Gasteiger partial charge in [0.15, 0.2) is 5.72 Å². The van der Waals surface area contributed by atoms with Crippen LogP contribution in [0.2, 0.25) is 5.02 Å². The largest absolute Gasteiger partial charge is 0.465 e. The summed E-state index contributed by atoms with van der Waals surface area (Å²) in [7, 11) is 0. The van der Waals surface area contributed by atoms with Gasteiger partial charge in [-0.15, -0.1) is 0 Å². The number of benzene rings is 1. The van der Waals surface area contributed by atoms with E-state index in [1.807, 2.05) is 0 Å². The molecule has 0 aromatic heterocycles. The van der Waals surface area contributed by atoms with Crippen LogP contribution in [0.3, 0.4) is 0 Å². The molecule has 1 saturated carbocycles. The van der Waals surface area contributed by atoms with Crippen LogP contribution in [0, 0.1) is 0 Å². The summed E-state index contributed by atoms with van der Waals surface area (Å²) in [5.74, 6) is 0. The number of carboxylic acid groups (broad SMARTS) is 1. The topological polar surface area (TPSA) is 60.8 Å². The normalized spacial score (nSPS) is 19.0. The number of carbonyl (C=O) groups is 1. The lowest BCUT2D eigenvalue weighted by Crippen LogP contribution is -2.54. The Bertz CT molecular complexity index is 502. The van der Waals surface area contributed by atoms with Gasteiger partial charge in [0, 0.05) is 16.6 Å². The lowest BCUT2D eigenvalue weighted by Gasteiger charge is -2.44. The van der Waals surface area contributed by atoms with Crippen LogP contribution in [0.4, 0.5) is 4.79 Å². The van der Waals surface area contributed by atoms with Gasteiger partial charge in [0.25, 0.3) is 0 Å². The van der Waals surface area contributed by atoms with Crippen molar-refractivity contribution < 1.29 is 15.0 Å². The number of hydrogen-bond acceptors (Lipinski definition) is 2. The van der Waals surface area contributed by atoms with Crippen molar-refractivity contribution in [1.29, 1.82) is 0 Å². The standard InChI is InChI=1S/C16H22ClNO3/c1-2-16(21,13-10-6-7-11-14(13)17)18(15(19)20)12-8-4-3-5-9-12/h6-7,10-12,21H,2-5,8-9H2,1H3,(H,19,20)/t16-/m0/s1. The third-order valence-electron chi connectivity index (χ3n) is 4.34. The molecule has 2 rings (SSSR count). The van der Waals surface area contributed by atoms with Gasteiger partial charge in [-0.2, -0.15) is 0 Å². The minimum absolute atomic E-state index is 0.155. The SMILES string of the molecule is CC[C@](O)(c1ccccc1Cl)N(C(=O)O)C1CCCCC1. The van der Waals surface area contributed by atoms with Gasteiger partial charge in [-0.3, -0.25) is 4.90 Å². The average molecular weight is 312 g/mol. The highest BCUT2D eigenvalue weighted by Crippen LogP contribution is 2.38. The van der Waals surface area contributed by atoms with Crippen LogP contribution in [0.15, 0.2) is 24.3 Å². The second-order valence-electron chi connectivity index (χ2n) is 5.59. The molecule has 0 bridgehead atoms. The smallest absolute Gasteiger partial charge is 0.410 e. The highest BCUT2D eigenvalue weighted by Gasteiger charge is 2.43. The molecule has 2 N–H and O–H groups in total. The van der Waals surface area contributed by atoms with Crippen molar-refractivity contribution in [2.45, 2.75) is 57.2 Å². The fourth-order valence-corrected chi connectivity index (χ4v) is 3.52. The lowest BCUT2D eigenvalue weighted by molar-refractivity contribution is -0.124. The molecular weight excluding hydrogens is 290 g/mol. The van der Waals surface area contributed by atoms with Crippen molar-refractivity contribution in [2.24, 2.45) is 0 Å². The van der Waals surface area contributed by atoms with Crippen LogP contribution in [-0.2, 0) is 5.72 Å². The van der Waals surface area contributed by atoms with Crippen molar-refractivity contribution in [3.63, 3.8) is 0 Å². The Hall–Kier alpha value is -1.26. The second kappa shape index (κ2) is 6.67. The molecule has 0 unspecified atom stereocenters. The quantitative estimate of drug-likeness (QED) is 0.819. The van der Waals surface area contributed by atoms with Gasteiger partial charge >= 0.3 is 6.09 Å². The Morgan fingerprint density at radius 1 is 1.33 bits per heavy atom. The van der Waals surface area contributed by atoms with Gasteiger partial charge in [0.2, 0.25) is 0 Å². The van der Waals surface area contributed by atoms with E-state index in [0.29, 0.717) is 10.6 Å². The first kappa shape index (κ1) is 16.1. The third kappa shape index (κ3) is 3.16. The summed E-state index contributed by atoms with van der Waals surface area (Å²) in [4.78, 5) is 13.0. The number of amides is 1. The van der Waals surface area contributed by atoms with Crippen LogP contribution in [0.25, 0.3) is 0 Å². The van der Waals surface area contributed by atoms with Crippen LogP contribution in [0.1, 0.15) is 51.0 Å². The zero-order chi connectivity index (χ0) is 15.5. The van der Waals surface area contributed by atoms with Crippen LogP contribution < -0.4 is 0 Å². The Kier molecular flexibility index (Phi) is 5.12. The van der Waals surface area contributed by atoms with Gasteiger partial charge in [0.05, 0.1) is 0 Å². The number of halogens is 1. The van der Waals surface area contributed by atoms with Gasteiger partial charge < -0.3 is 10.2 Å². The van der Waals surface area contributed by atoms with Crippen LogP contribution in [0.5, 0.6) is 0 Å². The van der Waals surface area contributed by atoms with Crippen molar-refractivity contribution in [3.05, 3.63) is 34.9 Å². The molecule has 1 amide bonds. The van der Waals surface area contributed by atoms with E-state index in [2.05, 4.69) is 0 Å². The van der Waals surface area contributed by atoms with Crippen molar-refractivity contribution in [3.8, 4) is 0 Å². The maximum Gasteiger partial charge on any atom is 0.410 e. The lowest BCUT2D eigenvalue weighted by atomic mass is 9.89. The molecule has 1 aliphatic carbocycles. The molecule has 1 aromatic rings. The van der Waals surface area contributed by atoms with Gasteiger partial charge in [-0.05, 0) is 25.3 Å². The van der Waals surface area contributed by atoms with Gasteiger partial charge in [-0.1, -0.05) is 56.0 Å². The number of hydrogen-bond donors (Lipinski definition) is 2. The summed E-state index contributed by atoms with van der Waals surface area (Å²) in [6.45, 7) is 1.78. The third-order valence-corrected chi connectivity index (χ3v) is 4.67. The fourth-order valence-electron chi connectivity index (χ4n) is 3.23. The second-order valence-corrected chi connectivity index (χ2v) is 6.00.